The summed E-state index contributed by atoms with van der Waals surface area (Å²) >= 11 is 0. The minimum Gasteiger partial charge on any atom is -0.445 e. The number of carbonyl (C=O) groups is 2. The smallest absolute Gasteiger partial charge is 0.416 e. The molecule has 2 atom stereocenters. The van der Waals surface area contributed by atoms with Crippen LogP contribution in [-0.4, -0.2) is 28.9 Å². The van der Waals surface area contributed by atoms with Crippen molar-refractivity contribution in [3.8, 4) is 0 Å². The quantitative estimate of drug-likeness (QED) is 0.577. The molecular weight excluding hydrogens is 407 g/mol. The molecule has 2 unspecified atom stereocenters. The molecule has 2 aromatic rings. The van der Waals surface area contributed by atoms with Gasteiger partial charge in [-0.3, -0.25) is 4.79 Å². The molecule has 164 valence electrons. The summed E-state index contributed by atoms with van der Waals surface area (Å²) in [5, 5.41) is 0. The van der Waals surface area contributed by atoms with Gasteiger partial charge in [0.2, 0.25) is 0 Å². The standard InChI is InChI=1S/C24H24F3NO3/c1-15-11-17(7-10-21(15)24(25,26)27)22(29)18-12-19-8-9-20(13-18)28(19)23(30)31-14-16-5-3-2-4-6-16/h2-7,10-11,18-20H,8-9,12-14H2,1H3. The molecular formula is C24H24F3NO3. The maximum Gasteiger partial charge on any atom is 0.416 e. The van der Waals surface area contributed by atoms with Gasteiger partial charge in [-0.2, -0.15) is 13.2 Å². The van der Waals surface area contributed by atoms with Crippen LogP contribution in [0.15, 0.2) is 48.5 Å². The van der Waals surface area contributed by atoms with Crippen molar-refractivity contribution in [2.45, 2.75) is 57.5 Å². The lowest BCUT2D eigenvalue weighted by atomic mass is 9.84. The van der Waals surface area contributed by atoms with Gasteiger partial charge in [-0.1, -0.05) is 36.4 Å². The van der Waals surface area contributed by atoms with Gasteiger partial charge in [0.1, 0.15) is 6.61 Å². The zero-order chi connectivity index (χ0) is 22.2. The van der Waals surface area contributed by atoms with Crippen LogP contribution in [0.25, 0.3) is 0 Å². The fourth-order valence-electron chi connectivity index (χ4n) is 4.85. The van der Waals surface area contributed by atoms with Gasteiger partial charge in [-0.05, 0) is 55.9 Å². The second kappa shape index (κ2) is 8.36. The highest BCUT2D eigenvalue weighted by Gasteiger charge is 2.46. The maximum absolute atomic E-state index is 13.0. The molecule has 2 bridgehead atoms. The lowest BCUT2D eigenvalue weighted by Crippen LogP contribution is -2.48. The van der Waals surface area contributed by atoms with E-state index in [1.165, 1.54) is 19.1 Å². The van der Waals surface area contributed by atoms with Crippen LogP contribution in [-0.2, 0) is 17.5 Å². The van der Waals surface area contributed by atoms with Gasteiger partial charge in [-0.15, -0.1) is 0 Å². The van der Waals surface area contributed by atoms with Gasteiger partial charge < -0.3 is 9.64 Å². The Labute approximate surface area is 179 Å². The average molecular weight is 431 g/mol. The number of amides is 1. The van der Waals surface area contributed by atoms with Gasteiger partial charge in [0.15, 0.2) is 5.78 Å². The first-order valence-electron chi connectivity index (χ1n) is 10.4. The number of ether oxygens (including phenoxy) is 1. The Bertz CT molecular complexity index is 960. The Balaban J connectivity index is 1.41. The number of fused-ring (bicyclic) bond motifs is 2. The van der Waals surface area contributed by atoms with Crippen molar-refractivity contribution in [1.82, 2.24) is 4.90 Å². The molecule has 2 aromatic carbocycles. The number of halogens is 3. The van der Waals surface area contributed by atoms with E-state index in [4.69, 9.17) is 4.74 Å². The van der Waals surface area contributed by atoms with Gasteiger partial charge in [0.25, 0.3) is 0 Å². The Kier molecular flexibility index (Phi) is 5.77. The first kappa shape index (κ1) is 21.4. The van der Waals surface area contributed by atoms with Gasteiger partial charge in [-0.25, -0.2) is 4.79 Å². The summed E-state index contributed by atoms with van der Waals surface area (Å²) in [4.78, 5) is 27.4. The van der Waals surface area contributed by atoms with E-state index >= 15 is 0 Å². The number of alkyl halides is 3. The number of aryl methyl sites for hydroxylation is 1. The highest BCUT2D eigenvalue weighted by atomic mass is 19.4. The first-order valence-corrected chi connectivity index (χ1v) is 10.4. The molecule has 2 aliphatic heterocycles. The molecule has 2 fully saturated rings. The molecule has 1 amide bonds. The SMILES string of the molecule is Cc1cc(C(=O)C2CC3CCC(C2)N3C(=O)OCc2ccccc2)ccc1C(F)(F)F. The molecule has 0 radical (unpaired) electrons. The normalized spacial score (nSPS) is 23.0. The first-order chi connectivity index (χ1) is 14.7. The Morgan fingerprint density at radius 3 is 2.26 bits per heavy atom. The average Bonchev–Trinajstić information content (AvgIpc) is 3.00. The summed E-state index contributed by atoms with van der Waals surface area (Å²) in [6.45, 7) is 1.57. The van der Waals surface area contributed by atoms with Crippen LogP contribution >= 0.6 is 0 Å². The van der Waals surface area contributed by atoms with Crippen molar-refractivity contribution in [3.63, 3.8) is 0 Å². The number of Topliss-reactive ketones (excluding diaryl/α,β-unsaturated/α-hetero) is 1. The summed E-state index contributed by atoms with van der Waals surface area (Å²) in [5.41, 5.74) is 0.532. The molecule has 31 heavy (non-hydrogen) atoms. The monoisotopic (exact) mass is 431 g/mol. The number of carbonyl (C=O) groups excluding carboxylic acids is 2. The van der Waals surface area contributed by atoms with E-state index in [9.17, 15) is 22.8 Å². The van der Waals surface area contributed by atoms with Crippen molar-refractivity contribution in [2.75, 3.05) is 0 Å². The van der Waals surface area contributed by atoms with Gasteiger partial charge >= 0.3 is 12.3 Å². The second-order valence-electron chi connectivity index (χ2n) is 8.39. The van der Waals surface area contributed by atoms with E-state index in [0.29, 0.717) is 18.4 Å². The van der Waals surface area contributed by atoms with E-state index in [2.05, 4.69) is 0 Å². The molecule has 0 spiro atoms. The van der Waals surface area contributed by atoms with Gasteiger partial charge in [0.05, 0.1) is 5.56 Å². The molecule has 4 rings (SSSR count). The second-order valence-corrected chi connectivity index (χ2v) is 8.39. The predicted molar refractivity (Wildman–Crippen MR) is 109 cm³/mol. The number of rotatable bonds is 4. The largest absolute Gasteiger partial charge is 0.445 e. The van der Waals surface area contributed by atoms with Crippen LogP contribution in [0.3, 0.4) is 0 Å². The molecule has 2 aliphatic rings. The van der Waals surface area contributed by atoms with E-state index in [0.717, 1.165) is 24.5 Å². The molecule has 0 N–H and O–H groups in total. The van der Waals surface area contributed by atoms with Crippen molar-refractivity contribution in [2.24, 2.45) is 5.92 Å². The van der Waals surface area contributed by atoms with Gasteiger partial charge in [0, 0.05) is 23.6 Å². The number of benzene rings is 2. The number of hydrogen-bond donors (Lipinski definition) is 0. The minimum atomic E-state index is -4.43. The van der Waals surface area contributed by atoms with Crippen molar-refractivity contribution in [1.29, 1.82) is 0 Å². The van der Waals surface area contributed by atoms with Crippen LogP contribution < -0.4 is 0 Å². The molecule has 7 heteroatoms. The molecule has 0 aliphatic carbocycles. The third-order valence-electron chi connectivity index (χ3n) is 6.34. The lowest BCUT2D eigenvalue weighted by molar-refractivity contribution is -0.138. The Morgan fingerprint density at radius 1 is 1.03 bits per heavy atom. The third kappa shape index (κ3) is 4.45. The number of hydrogen-bond acceptors (Lipinski definition) is 3. The zero-order valence-corrected chi connectivity index (χ0v) is 17.2. The van der Waals surface area contributed by atoms with Crippen LogP contribution in [0, 0.1) is 12.8 Å². The zero-order valence-electron chi connectivity index (χ0n) is 17.2. The van der Waals surface area contributed by atoms with Crippen molar-refractivity contribution < 1.29 is 27.5 Å². The van der Waals surface area contributed by atoms with Crippen LogP contribution in [0.4, 0.5) is 18.0 Å². The van der Waals surface area contributed by atoms with E-state index in [-0.39, 0.29) is 42.0 Å². The van der Waals surface area contributed by atoms with Crippen LogP contribution in [0.1, 0.15) is 52.7 Å². The summed E-state index contributed by atoms with van der Waals surface area (Å²) < 4.78 is 44.5. The highest BCUT2D eigenvalue weighted by Crippen LogP contribution is 2.41. The highest BCUT2D eigenvalue weighted by molar-refractivity contribution is 5.98. The van der Waals surface area contributed by atoms with E-state index in [1.54, 1.807) is 4.90 Å². The molecule has 0 aromatic heterocycles. The fourth-order valence-corrected chi connectivity index (χ4v) is 4.85. The maximum atomic E-state index is 13.0. The van der Waals surface area contributed by atoms with Crippen molar-refractivity contribution in [3.05, 3.63) is 70.8 Å². The van der Waals surface area contributed by atoms with E-state index in [1.807, 2.05) is 30.3 Å². The summed E-state index contributed by atoms with van der Waals surface area (Å²) in [6.07, 6.45) is -2.17. The Morgan fingerprint density at radius 2 is 1.68 bits per heavy atom. The third-order valence-corrected chi connectivity index (χ3v) is 6.34. The van der Waals surface area contributed by atoms with Crippen LogP contribution in [0.5, 0.6) is 0 Å². The lowest BCUT2D eigenvalue weighted by Gasteiger charge is -2.37. The molecule has 2 heterocycles. The Hall–Kier alpha value is -2.83. The molecule has 0 saturated carbocycles. The van der Waals surface area contributed by atoms with Crippen molar-refractivity contribution >= 4 is 11.9 Å². The number of ketones is 1. The summed E-state index contributed by atoms with van der Waals surface area (Å²) in [5.74, 6) is -0.446. The van der Waals surface area contributed by atoms with Crippen LogP contribution in [0.2, 0.25) is 0 Å². The fraction of sp³-hybridized carbons (Fsp3) is 0.417. The minimum absolute atomic E-state index is 0.0447. The predicted octanol–water partition coefficient (Wildman–Crippen LogP) is 5.78. The van der Waals surface area contributed by atoms with E-state index < -0.39 is 11.7 Å². The number of nitrogens with zero attached hydrogens (tertiary/aromatic N) is 1. The molecule has 2 saturated heterocycles. The summed E-state index contributed by atoms with van der Waals surface area (Å²) in [7, 11) is 0. The molecule has 4 nitrogen and oxygen atoms in total. The topological polar surface area (TPSA) is 46.6 Å². The summed E-state index contributed by atoms with van der Waals surface area (Å²) in [6, 6.07) is 12.8. The number of piperidine rings is 1.